The lowest BCUT2D eigenvalue weighted by atomic mass is 9.76. The molecule has 0 aromatic rings. The van der Waals surface area contributed by atoms with E-state index in [0.29, 0.717) is 13.1 Å². The van der Waals surface area contributed by atoms with Gasteiger partial charge in [-0.05, 0) is 33.6 Å². The predicted octanol–water partition coefficient (Wildman–Crippen LogP) is 2.00. The predicted molar refractivity (Wildman–Crippen MR) is 67.3 cm³/mol. The summed E-state index contributed by atoms with van der Waals surface area (Å²) in [5.41, 5.74) is -1.58. The first-order valence-electron chi connectivity index (χ1n) is 6.28. The third kappa shape index (κ3) is 3.85. The lowest BCUT2D eigenvalue weighted by Crippen LogP contribution is -2.47. The first-order valence-corrected chi connectivity index (χ1v) is 6.28. The monoisotopic (exact) mass is 268 g/mol. The van der Waals surface area contributed by atoms with Gasteiger partial charge >= 0.3 is 12.1 Å². The molecular weight excluding hydrogens is 248 g/mol. The largest absolute Gasteiger partial charge is 0.481 e. The zero-order chi connectivity index (χ0) is 14.7. The Morgan fingerprint density at radius 1 is 1.37 bits per heavy atom. The molecule has 0 bridgehead atoms. The quantitative estimate of drug-likeness (QED) is 0.827. The number of ether oxygens (including phenoxy) is 1. The van der Waals surface area contributed by atoms with E-state index in [0.717, 1.165) is 0 Å². The van der Waals surface area contributed by atoms with Gasteiger partial charge in [-0.2, -0.15) is 5.26 Å². The van der Waals surface area contributed by atoms with Gasteiger partial charge in [0.1, 0.15) is 5.60 Å². The number of hydrogen-bond acceptors (Lipinski definition) is 4. The molecule has 6 nitrogen and oxygen atoms in total. The smallest absolute Gasteiger partial charge is 0.410 e. The van der Waals surface area contributed by atoms with Crippen LogP contribution in [0.15, 0.2) is 0 Å². The number of piperidine rings is 1. The summed E-state index contributed by atoms with van der Waals surface area (Å²) in [6.45, 7) is 5.97. The molecule has 0 aromatic carbocycles. The summed E-state index contributed by atoms with van der Waals surface area (Å²) in [4.78, 5) is 24.6. The van der Waals surface area contributed by atoms with Crippen molar-refractivity contribution >= 4 is 12.1 Å². The highest BCUT2D eigenvalue weighted by atomic mass is 16.6. The van der Waals surface area contributed by atoms with Crippen LogP contribution < -0.4 is 0 Å². The highest BCUT2D eigenvalue weighted by molar-refractivity contribution is 5.76. The summed E-state index contributed by atoms with van der Waals surface area (Å²) < 4.78 is 5.24. The van der Waals surface area contributed by atoms with Crippen LogP contribution in [0.4, 0.5) is 4.79 Å². The molecular formula is C13H20N2O4. The fourth-order valence-corrected chi connectivity index (χ4v) is 2.06. The summed E-state index contributed by atoms with van der Waals surface area (Å²) in [6.07, 6.45) is 0.123. The zero-order valence-electron chi connectivity index (χ0n) is 11.6. The number of carboxylic acid groups (broad SMARTS) is 1. The van der Waals surface area contributed by atoms with Crippen molar-refractivity contribution in [3.8, 4) is 6.07 Å². The molecule has 0 saturated carbocycles. The average Bonchev–Trinajstić information content (AvgIpc) is 2.27. The van der Waals surface area contributed by atoms with Crippen LogP contribution in [0.1, 0.15) is 40.0 Å². The van der Waals surface area contributed by atoms with Gasteiger partial charge in [0.15, 0.2) is 0 Å². The van der Waals surface area contributed by atoms with Gasteiger partial charge < -0.3 is 14.7 Å². The lowest BCUT2D eigenvalue weighted by Gasteiger charge is -2.38. The summed E-state index contributed by atoms with van der Waals surface area (Å²) >= 11 is 0. The molecule has 19 heavy (non-hydrogen) atoms. The summed E-state index contributed by atoms with van der Waals surface area (Å²) in [5, 5.41) is 18.0. The minimum atomic E-state index is -1.02. The lowest BCUT2D eigenvalue weighted by molar-refractivity contribution is -0.151. The Balaban J connectivity index is 2.64. The molecule has 1 saturated heterocycles. The number of likely N-dealkylation sites (tertiary alicyclic amines) is 1. The van der Waals surface area contributed by atoms with E-state index in [-0.39, 0.29) is 19.3 Å². The van der Waals surface area contributed by atoms with E-state index in [9.17, 15) is 14.7 Å². The number of nitriles is 1. The third-order valence-electron chi connectivity index (χ3n) is 3.24. The number of amides is 1. The van der Waals surface area contributed by atoms with E-state index in [2.05, 4.69) is 0 Å². The average molecular weight is 268 g/mol. The standard InChI is InChI=1S/C13H20N2O4/c1-12(2,3)19-11(18)15-8-5-13(4-7-14,6-9-15)10(16)17/h4-6,8-9H2,1-3H3,(H,16,17). The third-order valence-corrected chi connectivity index (χ3v) is 3.24. The fourth-order valence-electron chi connectivity index (χ4n) is 2.06. The SMILES string of the molecule is CC(C)(C)OC(=O)N1CCC(CC#N)(C(=O)O)CC1. The molecule has 1 fully saturated rings. The van der Waals surface area contributed by atoms with Crippen molar-refractivity contribution in [3.63, 3.8) is 0 Å². The van der Waals surface area contributed by atoms with Crippen LogP contribution in [0.2, 0.25) is 0 Å². The Morgan fingerprint density at radius 3 is 2.26 bits per heavy atom. The van der Waals surface area contributed by atoms with Crippen LogP contribution in [0.3, 0.4) is 0 Å². The number of aliphatic carboxylic acids is 1. The van der Waals surface area contributed by atoms with Gasteiger partial charge in [-0.25, -0.2) is 4.79 Å². The zero-order valence-corrected chi connectivity index (χ0v) is 11.6. The Labute approximate surface area is 112 Å². The maximum absolute atomic E-state index is 11.8. The molecule has 0 radical (unpaired) electrons. The van der Waals surface area contributed by atoms with Gasteiger partial charge in [0, 0.05) is 13.1 Å². The maximum atomic E-state index is 11.8. The number of carbonyl (C=O) groups is 2. The van der Waals surface area contributed by atoms with Crippen LogP contribution >= 0.6 is 0 Å². The number of rotatable bonds is 2. The minimum Gasteiger partial charge on any atom is -0.481 e. The number of hydrogen-bond donors (Lipinski definition) is 1. The molecule has 0 aromatic heterocycles. The van der Waals surface area contributed by atoms with Crippen molar-refractivity contribution in [2.75, 3.05) is 13.1 Å². The van der Waals surface area contributed by atoms with Crippen LogP contribution in [0.5, 0.6) is 0 Å². The Bertz CT molecular complexity index is 398. The molecule has 1 N–H and O–H groups in total. The first-order chi connectivity index (χ1) is 8.70. The molecule has 1 aliphatic rings. The van der Waals surface area contributed by atoms with Crippen molar-refractivity contribution in [3.05, 3.63) is 0 Å². The molecule has 1 amide bonds. The van der Waals surface area contributed by atoms with Gasteiger partial charge in [-0.3, -0.25) is 4.79 Å². The van der Waals surface area contributed by atoms with E-state index in [1.165, 1.54) is 4.90 Å². The normalized spacial score (nSPS) is 18.5. The van der Waals surface area contributed by atoms with Crippen LogP contribution in [0.25, 0.3) is 0 Å². The highest BCUT2D eigenvalue weighted by Crippen LogP contribution is 2.35. The van der Waals surface area contributed by atoms with E-state index < -0.39 is 23.1 Å². The Kier molecular flexibility index (Phi) is 4.40. The van der Waals surface area contributed by atoms with Crippen molar-refractivity contribution < 1.29 is 19.4 Å². The second-order valence-electron chi connectivity index (χ2n) is 5.89. The van der Waals surface area contributed by atoms with Crippen molar-refractivity contribution in [1.29, 1.82) is 5.26 Å². The molecule has 0 unspecified atom stereocenters. The van der Waals surface area contributed by atoms with Crippen molar-refractivity contribution in [2.45, 2.75) is 45.6 Å². The van der Waals surface area contributed by atoms with Crippen LogP contribution in [-0.2, 0) is 9.53 Å². The summed E-state index contributed by atoms with van der Waals surface area (Å²) in [6, 6.07) is 1.93. The van der Waals surface area contributed by atoms with E-state index >= 15 is 0 Å². The van der Waals surface area contributed by atoms with Gasteiger partial charge in [0.25, 0.3) is 0 Å². The second kappa shape index (κ2) is 5.47. The molecule has 1 rings (SSSR count). The highest BCUT2D eigenvalue weighted by Gasteiger charge is 2.42. The first kappa shape index (κ1) is 15.3. The van der Waals surface area contributed by atoms with Gasteiger partial charge in [-0.1, -0.05) is 0 Å². The van der Waals surface area contributed by atoms with Crippen molar-refractivity contribution in [1.82, 2.24) is 4.90 Å². The molecule has 0 aliphatic carbocycles. The van der Waals surface area contributed by atoms with Crippen LogP contribution in [-0.4, -0.2) is 40.8 Å². The van der Waals surface area contributed by atoms with Crippen molar-refractivity contribution in [2.24, 2.45) is 5.41 Å². The number of carboxylic acids is 1. The second-order valence-corrected chi connectivity index (χ2v) is 5.89. The topological polar surface area (TPSA) is 90.6 Å². The summed E-state index contributed by atoms with van der Waals surface area (Å²) in [7, 11) is 0. The Morgan fingerprint density at radius 2 is 1.89 bits per heavy atom. The molecule has 6 heteroatoms. The molecule has 106 valence electrons. The van der Waals surface area contributed by atoms with E-state index in [1.54, 1.807) is 20.8 Å². The summed E-state index contributed by atoms with van der Waals surface area (Å²) in [5.74, 6) is -0.960. The fraction of sp³-hybridized carbons (Fsp3) is 0.769. The van der Waals surface area contributed by atoms with E-state index in [4.69, 9.17) is 10.00 Å². The molecule has 0 spiro atoms. The number of carbonyl (C=O) groups excluding carboxylic acids is 1. The Hall–Kier alpha value is -1.77. The van der Waals surface area contributed by atoms with Gasteiger partial charge in [-0.15, -0.1) is 0 Å². The minimum absolute atomic E-state index is 0.0233. The van der Waals surface area contributed by atoms with Gasteiger partial charge in [0.2, 0.25) is 0 Å². The maximum Gasteiger partial charge on any atom is 0.410 e. The number of nitrogens with zero attached hydrogens (tertiary/aromatic N) is 2. The van der Waals surface area contributed by atoms with Gasteiger partial charge in [0.05, 0.1) is 17.9 Å². The van der Waals surface area contributed by atoms with E-state index in [1.807, 2.05) is 6.07 Å². The molecule has 1 aliphatic heterocycles. The molecule has 1 heterocycles. The van der Waals surface area contributed by atoms with Crippen LogP contribution in [0, 0.1) is 16.7 Å². The molecule has 0 atom stereocenters.